The summed E-state index contributed by atoms with van der Waals surface area (Å²) >= 11 is 15.2. The molecule has 2 fully saturated rings. The highest BCUT2D eigenvalue weighted by molar-refractivity contribution is 7.99. The number of hydrogen-bond acceptors (Lipinski definition) is 27. The van der Waals surface area contributed by atoms with Gasteiger partial charge in [0.2, 0.25) is 53.4 Å². The molecule has 34 nitrogen and oxygen atoms in total. The van der Waals surface area contributed by atoms with Gasteiger partial charge in [-0.25, -0.2) is 14.8 Å². The number of carboxylic acids is 1. The van der Waals surface area contributed by atoms with Gasteiger partial charge in [0.05, 0.1) is 34.8 Å². The molecule has 2 saturated heterocycles. The number of aromatic hydroxyl groups is 3. The third-order valence-corrected chi connectivity index (χ3v) is 20.1. The first-order valence-electron chi connectivity index (χ1n) is 33.4. The van der Waals surface area contributed by atoms with Crippen LogP contribution in [0.15, 0.2) is 96.3 Å². The predicted octanol–water partition coefficient (Wildman–Crippen LogP) is 2.33. The van der Waals surface area contributed by atoms with E-state index in [0.717, 1.165) is 78.5 Å². The fraction of sp³-hybridized carbons (Fsp3) is 0.400. The Morgan fingerprint density at radius 1 is 0.729 bits per heavy atom. The standard InChI is InChI=1S/C70H77Cl2N11O23S/c1-25(2)14-26(3)61(93)82-52-54(88)29-7-10-40(35(71)16-29)102-42-18-31-19-43(58(42)106-68-59(105-47-23-70(5,75)60(92)27(4)101-47)57(91)56(90)44(104-68)24-107-69-76-13-12-45(73)78-69)103-41-11-8-30(17-36(41)72)55(89)53-66(98)81-51(67(99)100)34-20-32(84)21-39(86)48(34)33-15-28(6-9-38(33)85)49(63(95)83-53)80-64(96)50(31)79-62(94)37(22-46(74)87)77-65(52)97/h6-13,15-21,25-27,37,44,47,49-57,59-60,68,84-86,88-92H,14,22-24,75H2,1-5H3,(H2,74,87)(H,77,97)(H,79,94)(H,80,96)(H,81,98)(H,82,93)(H,83,95)(H,99,100)(H2,73,76,78)/t26-,27?,37-,44?,47?,49?,50+,51+,52+,53-,54+,55+,56?,57?,59?,60?,68?,70?/m0/s1. The lowest BCUT2D eigenvalue weighted by atomic mass is 9.86. The topological polar surface area (TPSA) is 550 Å². The summed E-state index contributed by atoms with van der Waals surface area (Å²) in [6, 6.07) is 1.98. The van der Waals surface area contributed by atoms with Crippen LogP contribution in [0.4, 0.5) is 5.82 Å². The molecule has 13 rings (SSSR count). The minimum absolute atomic E-state index is 0.0445. The number of benzene rings is 5. The summed E-state index contributed by atoms with van der Waals surface area (Å²) in [5, 5.41) is 119. The van der Waals surface area contributed by atoms with Gasteiger partial charge in [0.25, 0.3) is 0 Å². The first-order chi connectivity index (χ1) is 50.5. The summed E-state index contributed by atoms with van der Waals surface area (Å²) < 4.78 is 39.4. The number of hydrogen-bond donors (Lipinski definition) is 18. The molecule has 21 N–H and O–H groups in total. The molecule has 5 aromatic carbocycles. The highest BCUT2D eigenvalue weighted by Crippen LogP contribution is 2.50. The Kier molecular flexibility index (Phi) is 23.3. The second-order valence-corrected chi connectivity index (χ2v) is 29.0. The van der Waals surface area contributed by atoms with E-state index in [0.29, 0.717) is 6.42 Å². The van der Waals surface area contributed by atoms with E-state index in [1.165, 1.54) is 38.2 Å². The number of aromatic nitrogens is 2. The smallest absolute Gasteiger partial charge is 0.330 e. The van der Waals surface area contributed by atoms with E-state index >= 15 is 14.4 Å². The molecule has 37 heteroatoms. The Balaban J connectivity index is 1.16. The first-order valence-corrected chi connectivity index (χ1v) is 35.2. The average molecular weight is 1540 g/mol. The Bertz CT molecular complexity index is 4490. The Morgan fingerprint density at radius 2 is 1.36 bits per heavy atom. The van der Waals surface area contributed by atoms with Crippen molar-refractivity contribution in [1.82, 2.24) is 41.9 Å². The minimum atomic E-state index is -2.34. The number of anilines is 1. The molecule has 0 spiro atoms. The van der Waals surface area contributed by atoms with E-state index in [-0.39, 0.29) is 62.3 Å². The molecule has 0 radical (unpaired) electrons. The molecule has 107 heavy (non-hydrogen) atoms. The van der Waals surface area contributed by atoms with E-state index in [1.807, 2.05) is 13.8 Å². The quantitative estimate of drug-likeness (QED) is 0.0549. The van der Waals surface area contributed by atoms with Gasteiger partial charge in [0.1, 0.15) is 89.2 Å². The van der Waals surface area contributed by atoms with Crippen molar-refractivity contribution in [3.8, 4) is 57.1 Å². The van der Waals surface area contributed by atoms with Crippen LogP contribution in [0.1, 0.15) is 112 Å². The number of nitrogens with two attached hydrogens (primary N) is 3. The van der Waals surface area contributed by atoms with Crippen LogP contribution in [0.2, 0.25) is 10.0 Å². The zero-order valence-corrected chi connectivity index (χ0v) is 59.7. The maximum Gasteiger partial charge on any atom is 0.330 e. The number of primary amides is 1. The number of phenolic OH excluding ortho intramolecular Hbond substituents is 3. The van der Waals surface area contributed by atoms with Crippen LogP contribution in [0.5, 0.6) is 46.0 Å². The van der Waals surface area contributed by atoms with Gasteiger partial charge < -0.3 is 123 Å². The van der Waals surface area contributed by atoms with Gasteiger partial charge in [-0.05, 0) is 109 Å². The van der Waals surface area contributed by atoms with Crippen molar-refractivity contribution in [2.45, 2.75) is 162 Å². The molecule has 570 valence electrons. The predicted molar refractivity (Wildman–Crippen MR) is 376 cm³/mol. The van der Waals surface area contributed by atoms with Crippen molar-refractivity contribution in [3.63, 3.8) is 0 Å². The highest BCUT2D eigenvalue weighted by atomic mass is 35.5. The fourth-order valence-corrected chi connectivity index (χ4v) is 14.4. The molecule has 10 unspecified atom stereocenters. The Morgan fingerprint density at radius 3 is 1.97 bits per heavy atom. The number of amides is 7. The second kappa shape index (κ2) is 31.9. The number of carbonyl (C=O) groups excluding carboxylic acids is 7. The first kappa shape index (κ1) is 78.2. The summed E-state index contributed by atoms with van der Waals surface area (Å²) in [5.74, 6) is -16.6. The van der Waals surface area contributed by atoms with Gasteiger partial charge >= 0.3 is 5.97 Å². The number of fused-ring (bicyclic) bond motifs is 15. The van der Waals surface area contributed by atoms with E-state index in [9.17, 15) is 69.9 Å². The molecule has 8 heterocycles. The molecule has 11 bridgehead atoms. The number of phenols is 3. The number of ether oxygens (including phenoxy) is 6. The van der Waals surface area contributed by atoms with E-state index in [1.54, 1.807) is 6.92 Å². The number of thioether (sulfide) groups is 1. The number of carboxylic acid groups (broad SMARTS) is 1. The minimum Gasteiger partial charge on any atom is -0.508 e. The third kappa shape index (κ3) is 17.1. The number of halogens is 2. The van der Waals surface area contributed by atoms with E-state index < -0.39 is 225 Å². The number of aliphatic carboxylic acids is 1. The van der Waals surface area contributed by atoms with Gasteiger partial charge in [-0.15, -0.1) is 0 Å². The van der Waals surface area contributed by atoms with Crippen molar-refractivity contribution in [1.29, 1.82) is 0 Å². The number of nitrogens with one attached hydrogen (secondary N) is 6. The van der Waals surface area contributed by atoms with Gasteiger partial charge in [0, 0.05) is 52.6 Å². The summed E-state index contributed by atoms with van der Waals surface area (Å²) in [6.07, 6.45) is -16.7. The summed E-state index contributed by atoms with van der Waals surface area (Å²) in [4.78, 5) is 126. The maximum atomic E-state index is 16.2. The number of nitrogens with zero attached hydrogens (tertiary/aromatic N) is 2. The lowest BCUT2D eigenvalue weighted by Gasteiger charge is -2.47. The molecule has 18 atom stereocenters. The average Bonchev–Trinajstić information content (AvgIpc) is 0.768. The van der Waals surface area contributed by atoms with Crippen molar-refractivity contribution in [2.75, 3.05) is 11.5 Å². The van der Waals surface area contributed by atoms with Crippen LogP contribution < -0.4 is 63.3 Å². The summed E-state index contributed by atoms with van der Waals surface area (Å²) in [7, 11) is 0. The number of nitrogen functional groups attached to an aromatic ring is 1. The fourth-order valence-electron chi connectivity index (χ4n) is 13.1. The van der Waals surface area contributed by atoms with Crippen LogP contribution in [-0.2, 0) is 52.6 Å². The molecule has 0 aliphatic carbocycles. The van der Waals surface area contributed by atoms with Crippen LogP contribution in [0.3, 0.4) is 0 Å². The van der Waals surface area contributed by atoms with E-state index in [4.69, 9.17) is 68.8 Å². The lowest BCUT2D eigenvalue weighted by Crippen LogP contribution is -2.64. The molecular formula is C70H77Cl2N11O23S. The Labute approximate surface area is 622 Å². The van der Waals surface area contributed by atoms with Gasteiger partial charge in [-0.2, -0.15) is 0 Å². The molecule has 1 aromatic heterocycles. The van der Waals surface area contributed by atoms with Gasteiger partial charge in [-0.3, -0.25) is 33.6 Å². The third-order valence-electron chi connectivity index (χ3n) is 18.5. The SMILES string of the molecule is CC(C)C[C@H](C)C(=O)N[C@H]1C(=O)N[C@@H](CC(N)=O)C(=O)N[C@H]2C(=O)NC3C(=O)N[C@H](C(=O)N[C@@H](C(=O)O)c4cc(O)cc(O)c4-c4cc3ccc4O)[C@H](O)c3ccc(c(Cl)c3)Oc3cc2cc(c3OC2OC(CSc3nccc(N)n3)C(O)C(O)C2OC2CC(C)(N)C(O)C(C)O2)Oc2ccc(cc2Cl)[C@H]1O. The number of aliphatic hydroxyl groups excluding tert-OH is 5. The number of carbonyl (C=O) groups is 8. The number of aliphatic hydroxyl groups is 5. The summed E-state index contributed by atoms with van der Waals surface area (Å²) in [5.41, 5.74) is 14.1. The van der Waals surface area contributed by atoms with Crippen molar-refractivity contribution < 1.29 is 113 Å². The maximum absolute atomic E-state index is 16.2. The summed E-state index contributed by atoms with van der Waals surface area (Å²) in [6.45, 7) is 8.28. The monoisotopic (exact) mass is 1540 g/mol. The van der Waals surface area contributed by atoms with Gasteiger partial charge in [0.15, 0.2) is 35.1 Å². The molecule has 7 aliphatic heterocycles. The van der Waals surface area contributed by atoms with Crippen LogP contribution >= 0.6 is 35.0 Å². The lowest BCUT2D eigenvalue weighted by molar-refractivity contribution is -0.329. The number of rotatable bonds is 14. The zero-order valence-electron chi connectivity index (χ0n) is 57.4. The second-order valence-electron chi connectivity index (χ2n) is 27.2. The van der Waals surface area contributed by atoms with Crippen LogP contribution in [-0.4, -0.2) is 182 Å². The largest absolute Gasteiger partial charge is 0.508 e. The Hall–Kier alpha value is -9.89. The zero-order chi connectivity index (χ0) is 77.5. The van der Waals surface area contributed by atoms with Gasteiger partial charge in [-0.1, -0.05) is 73.9 Å². The van der Waals surface area contributed by atoms with Crippen molar-refractivity contribution in [2.24, 2.45) is 23.3 Å². The molecular weight excluding hydrogens is 1470 g/mol. The van der Waals surface area contributed by atoms with E-state index in [2.05, 4.69) is 41.9 Å². The molecule has 7 amide bonds. The normalized spacial score (nSPS) is 28.4. The van der Waals surface area contributed by atoms with Crippen molar-refractivity contribution >= 4 is 88.1 Å². The van der Waals surface area contributed by atoms with Crippen LogP contribution in [0, 0.1) is 11.8 Å². The van der Waals surface area contributed by atoms with Crippen molar-refractivity contribution in [3.05, 3.63) is 129 Å². The molecule has 6 aromatic rings. The molecule has 0 saturated carbocycles. The highest BCUT2D eigenvalue weighted by Gasteiger charge is 2.52. The van der Waals surface area contributed by atoms with Crippen LogP contribution in [0.25, 0.3) is 11.1 Å². The molecule has 7 aliphatic rings.